The fraction of sp³-hybridized carbons (Fsp3) is 1.00. The molecule has 0 amide bonds. The lowest BCUT2D eigenvalue weighted by Gasteiger charge is -2.21. The maximum absolute atomic E-state index is 3.33. The normalized spacial score (nSPS) is 12.4. The quantitative estimate of drug-likeness (QED) is 0.504. The molecular weight excluding hydrogens is 102 g/mol. The number of rotatable bonds is 2. The second-order valence-electron chi connectivity index (χ2n) is 2.49. The van der Waals surface area contributed by atoms with Crippen LogP contribution < -0.4 is 4.98 Å². The van der Waals surface area contributed by atoms with Crippen LogP contribution in [0.2, 0.25) is 0 Å². The molecule has 1 N–H and O–H groups in total. The molecule has 0 saturated carbocycles. The molecule has 7 heavy (non-hydrogen) atoms. The fourth-order valence-electron chi connectivity index (χ4n) is 0.177. The van der Waals surface area contributed by atoms with Crippen molar-refractivity contribution < 1.29 is 0 Å². The average Bonchev–Trinajstić information content (AvgIpc) is 1.68. The van der Waals surface area contributed by atoms with E-state index in [4.69, 9.17) is 0 Å². The third kappa shape index (κ3) is 2.82. The van der Waals surface area contributed by atoms with Crippen molar-refractivity contribution in [2.24, 2.45) is 0 Å². The average molecular weight is 117 g/mol. The first-order valence-electron chi connectivity index (χ1n) is 2.81. The van der Waals surface area contributed by atoms with Gasteiger partial charge in [-0.1, -0.05) is 6.92 Å². The van der Waals surface area contributed by atoms with Crippen LogP contribution in [0.4, 0.5) is 0 Å². The second kappa shape index (κ2) is 2.48. The lowest BCUT2D eigenvalue weighted by atomic mass is 10.0. The topological polar surface area (TPSA) is 12.0 Å². The molecule has 44 valence electrons. The Hall–Kier alpha value is 0.177. The van der Waals surface area contributed by atoms with Crippen LogP contribution in [0.3, 0.4) is 0 Å². The van der Waals surface area contributed by atoms with Crippen LogP contribution in [-0.4, -0.2) is 15.9 Å². The molecule has 0 fully saturated rings. The van der Waals surface area contributed by atoms with Crippen LogP contribution in [-0.2, 0) is 0 Å². The monoisotopic (exact) mass is 117 g/mol. The standard InChI is InChI=1S/C5H15NSi/c1-4-5(2,3)6-7/h6H,4H2,1-3,7H3. The van der Waals surface area contributed by atoms with E-state index >= 15 is 0 Å². The van der Waals surface area contributed by atoms with Gasteiger partial charge < -0.3 is 4.98 Å². The first-order valence-corrected chi connectivity index (χ1v) is 3.81. The van der Waals surface area contributed by atoms with Crippen molar-refractivity contribution in [3.05, 3.63) is 0 Å². The summed E-state index contributed by atoms with van der Waals surface area (Å²) in [6, 6.07) is 0. The lowest BCUT2D eigenvalue weighted by Crippen LogP contribution is -2.36. The minimum Gasteiger partial charge on any atom is -0.341 e. The first kappa shape index (κ1) is 7.18. The van der Waals surface area contributed by atoms with Crippen LogP contribution in [0, 0.1) is 0 Å². The van der Waals surface area contributed by atoms with E-state index in [9.17, 15) is 0 Å². The third-order valence-corrected chi connectivity index (χ3v) is 2.91. The summed E-state index contributed by atoms with van der Waals surface area (Å²) in [6.45, 7) is 6.64. The van der Waals surface area contributed by atoms with E-state index in [2.05, 4.69) is 25.8 Å². The van der Waals surface area contributed by atoms with Gasteiger partial charge in [0.25, 0.3) is 0 Å². The summed E-state index contributed by atoms with van der Waals surface area (Å²) < 4.78 is 0. The van der Waals surface area contributed by atoms with Gasteiger partial charge in [0.2, 0.25) is 0 Å². The van der Waals surface area contributed by atoms with Crippen LogP contribution in [0.25, 0.3) is 0 Å². The number of nitrogens with one attached hydrogen (secondary N) is 1. The number of hydrogen-bond acceptors (Lipinski definition) is 1. The Bertz CT molecular complexity index is 46.0. The zero-order chi connectivity index (χ0) is 5.91. The predicted molar refractivity (Wildman–Crippen MR) is 37.4 cm³/mol. The molecule has 0 saturated heterocycles. The smallest absolute Gasteiger partial charge is 0.0755 e. The van der Waals surface area contributed by atoms with Crippen molar-refractivity contribution in [1.82, 2.24) is 4.98 Å². The van der Waals surface area contributed by atoms with Crippen molar-refractivity contribution in [3.63, 3.8) is 0 Å². The first-order chi connectivity index (χ1) is 3.12. The van der Waals surface area contributed by atoms with Gasteiger partial charge in [-0.15, -0.1) is 0 Å². The highest BCUT2D eigenvalue weighted by molar-refractivity contribution is 6.04. The van der Waals surface area contributed by atoms with Crippen LogP contribution in [0.5, 0.6) is 0 Å². The summed E-state index contributed by atoms with van der Waals surface area (Å²) in [5.74, 6) is 0. The molecule has 0 aliphatic carbocycles. The van der Waals surface area contributed by atoms with Gasteiger partial charge in [0, 0.05) is 5.54 Å². The van der Waals surface area contributed by atoms with Gasteiger partial charge in [-0.25, -0.2) is 0 Å². The predicted octanol–water partition coefficient (Wildman–Crippen LogP) is 0.0450. The lowest BCUT2D eigenvalue weighted by molar-refractivity contribution is 0.458. The molecule has 0 atom stereocenters. The van der Waals surface area contributed by atoms with E-state index in [0.717, 1.165) is 10.4 Å². The zero-order valence-corrected chi connectivity index (χ0v) is 7.71. The Morgan fingerprint density at radius 2 is 2.00 bits per heavy atom. The van der Waals surface area contributed by atoms with E-state index in [-0.39, 0.29) is 0 Å². The Balaban J connectivity index is 3.36. The van der Waals surface area contributed by atoms with E-state index in [1.807, 2.05) is 0 Å². The van der Waals surface area contributed by atoms with Crippen molar-refractivity contribution in [2.75, 3.05) is 0 Å². The van der Waals surface area contributed by atoms with Crippen LogP contribution in [0.1, 0.15) is 27.2 Å². The summed E-state index contributed by atoms with van der Waals surface area (Å²) in [7, 11) is 1.11. The van der Waals surface area contributed by atoms with Gasteiger partial charge >= 0.3 is 0 Å². The summed E-state index contributed by atoms with van der Waals surface area (Å²) in [4.78, 5) is 3.33. The van der Waals surface area contributed by atoms with Gasteiger partial charge in [0.15, 0.2) is 0 Å². The molecular formula is C5H15NSi. The highest BCUT2D eigenvalue weighted by Crippen LogP contribution is 2.03. The Labute approximate surface area is 49.0 Å². The molecule has 0 heterocycles. The van der Waals surface area contributed by atoms with Gasteiger partial charge in [-0.2, -0.15) is 0 Å². The Morgan fingerprint density at radius 3 is 2.00 bits per heavy atom. The summed E-state index contributed by atoms with van der Waals surface area (Å²) in [5.41, 5.74) is 0.395. The second-order valence-corrected chi connectivity index (χ2v) is 2.99. The van der Waals surface area contributed by atoms with Gasteiger partial charge in [-0.05, 0) is 20.3 Å². The van der Waals surface area contributed by atoms with Crippen LogP contribution in [0.15, 0.2) is 0 Å². The summed E-state index contributed by atoms with van der Waals surface area (Å²) in [6.07, 6.45) is 1.22. The summed E-state index contributed by atoms with van der Waals surface area (Å²) >= 11 is 0. The molecule has 0 aromatic rings. The number of hydrogen-bond donors (Lipinski definition) is 1. The minimum absolute atomic E-state index is 0.395. The van der Waals surface area contributed by atoms with Gasteiger partial charge in [0.1, 0.15) is 0 Å². The van der Waals surface area contributed by atoms with Crippen LogP contribution >= 0.6 is 0 Å². The van der Waals surface area contributed by atoms with Crippen molar-refractivity contribution in [1.29, 1.82) is 0 Å². The Kier molecular flexibility index (Phi) is 2.54. The van der Waals surface area contributed by atoms with Crippen molar-refractivity contribution in [2.45, 2.75) is 32.7 Å². The van der Waals surface area contributed by atoms with E-state index in [1.54, 1.807) is 0 Å². The SMILES string of the molecule is CCC(C)(C)N[SiH3]. The molecule has 0 radical (unpaired) electrons. The highest BCUT2D eigenvalue weighted by Gasteiger charge is 2.08. The molecule has 0 spiro atoms. The Morgan fingerprint density at radius 1 is 1.57 bits per heavy atom. The van der Waals surface area contributed by atoms with Gasteiger partial charge in [-0.3, -0.25) is 0 Å². The maximum atomic E-state index is 3.33. The summed E-state index contributed by atoms with van der Waals surface area (Å²) in [5, 5.41) is 0. The maximum Gasteiger partial charge on any atom is 0.0755 e. The molecule has 0 unspecified atom stereocenters. The van der Waals surface area contributed by atoms with Gasteiger partial charge in [0.05, 0.1) is 10.4 Å². The molecule has 0 aliphatic heterocycles. The van der Waals surface area contributed by atoms with E-state index in [1.165, 1.54) is 6.42 Å². The largest absolute Gasteiger partial charge is 0.341 e. The molecule has 2 heteroatoms. The molecule has 1 nitrogen and oxygen atoms in total. The fourth-order valence-corrected chi connectivity index (χ4v) is 0.530. The molecule has 0 aromatic heterocycles. The third-order valence-electron chi connectivity index (χ3n) is 1.56. The molecule has 0 aromatic carbocycles. The highest BCUT2D eigenvalue weighted by atomic mass is 28.2. The van der Waals surface area contributed by atoms with Crippen molar-refractivity contribution in [3.8, 4) is 0 Å². The molecule has 0 aliphatic rings. The van der Waals surface area contributed by atoms with Crippen molar-refractivity contribution >= 4 is 10.4 Å². The minimum atomic E-state index is 0.395. The molecule has 0 bridgehead atoms. The molecule has 0 rings (SSSR count). The van der Waals surface area contributed by atoms with E-state index in [0.29, 0.717) is 5.54 Å². The van der Waals surface area contributed by atoms with E-state index < -0.39 is 0 Å². The zero-order valence-electron chi connectivity index (χ0n) is 5.71.